The molecule has 3 heterocycles. The Morgan fingerprint density at radius 1 is 1.11 bits per heavy atom. The molecule has 0 spiro atoms. The molecule has 0 atom stereocenters. The summed E-state index contributed by atoms with van der Waals surface area (Å²) in [6, 6.07) is 4.99. The van der Waals surface area contributed by atoms with Crippen molar-refractivity contribution in [3.8, 4) is 5.69 Å². The molecule has 2 bridgehead atoms. The Bertz CT molecular complexity index is 619. The Labute approximate surface area is 102 Å². The van der Waals surface area contributed by atoms with Crippen molar-refractivity contribution in [2.24, 2.45) is 0 Å². The van der Waals surface area contributed by atoms with Gasteiger partial charge in [0, 0.05) is 17.8 Å². The zero-order chi connectivity index (χ0) is 13.1. The Morgan fingerprint density at radius 2 is 1.67 bits per heavy atom. The fourth-order valence-corrected chi connectivity index (χ4v) is 2.40. The zero-order valence-corrected chi connectivity index (χ0v) is 9.97. The first-order valence-corrected chi connectivity index (χ1v) is 5.63. The summed E-state index contributed by atoms with van der Waals surface area (Å²) in [6.07, 6.45) is -4.01. The lowest BCUT2D eigenvalue weighted by atomic mass is 9.97. The van der Waals surface area contributed by atoms with Crippen molar-refractivity contribution >= 4 is 0 Å². The fraction of sp³-hybridized carbons (Fsp3) is 0.308. The number of hydrogen-bond acceptors (Lipinski definition) is 1. The second kappa shape index (κ2) is 3.37. The molecule has 0 radical (unpaired) electrons. The van der Waals surface area contributed by atoms with E-state index in [-0.39, 0.29) is 5.69 Å². The van der Waals surface area contributed by atoms with Gasteiger partial charge in [0.25, 0.3) is 0 Å². The van der Waals surface area contributed by atoms with E-state index < -0.39 is 11.7 Å². The molecule has 0 amide bonds. The lowest BCUT2D eigenvalue weighted by Gasteiger charge is -2.25. The third kappa shape index (κ3) is 1.46. The minimum Gasteiger partial charge on any atom is -0.317 e. The van der Waals surface area contributed by atoms with E-state index >= 15 is 0 Å². The molecule has 2 aromatic rings. The van der Waals surface area contributed by atoms with E-state index in [1.165, 1.54) is 6.07 Å². The lowest BCUT2D eigenvalue weighted by Crippen LogP contribution is -2.22. The van der Waals surface area contributed by atoms with E-state index in [2.05, 4.69) is 4.98 Å². The standard InChI is InChI=1S/C13H11F3N2/c1-7-3-4-8(2)18(7)12-5-9(13(14,15)16)10-6-11(12)17-10/h3-5H,6H2,1-2H3. The van der Waals surface area contributed by atoms with Gasteiger partial charge < -0.3 is 4.57 Å². The van der Waals surface area contributed by atoms with Gasteiger partial charge >= 0.3 is 6.18 Å². The Hall–Kier alpha value is -1.78. The van der Waals surface area contributed by atoms with E-state index in [0.29, 0.717) is 12.1 Å². The number of hydrogen-bond donors (Lipinski definition) is 0. The first-order valence-electron chi connectivity index (χ1n) is 5.63. The summed E-state index contributed by atoms with van der Waals surface area (Å²) in [6.45, 7) is 3.75. The number of aromatic nitrogens is 2. The summed E-state index contributed by atoms with van der Waals surface area (Å²) in [5.74, 6) is 0. The van der Waals surface area contributed by atoms with E-state index in [4.69, 9.17) is 0 Å². The van der Waals surface area contributed by atoms with Crippen LogP contribution >= 0.6 is 0 Å². The molecule has 0 saturated carbocycles. The van der Waals surface area contributed by atoms with Crippen LogP contribution in [0.15, 0.2) is 18.2 Å². The van der Waals surface area contributed by atoms with Gasteiger partial charge in [-0.3, -0.25) is 4.98 Å². The minimum absolute atomic E-state index is 0.156. The maximum atomic E-state index is 12.9. The smallest absolute Gasteiger partial charge is 0.317 e. The van der Waals surface area contributed by atoms with Crippen LogP contribution in [0.4, 0.5) is 13.2 Å². The summed E-state index contributed by atoms with van der Waals surface area (Å²) >= 11 is 0. The predicted octanol–water partition coefficient (Wildman–Crippen LogP) is 3.41. The molecular formula is C13H11F3N2. The van der Waals surface area contributed by atoms with Crippen LogP contribution in [0, 0.1) is 13.8 Å². The normalized spacial score (nSPS) is 13.6. The summed E-state index contributed by atoms with van der Waals surface area (Å²) in [5, 5.41) is 0. The van der Waals surface area contributed by atoms with Gasteiger partial charge in [0.15, 0.2) is 0 Å². The van der Waals surface area contributed by atoms with Gasteiger partial charge in [-0.1, -0.05) is 0 Å². The zero-order valence-electron chi connectivity index (χ0n) is 9.97. The van der Waals surface area contributed by atoms with Gasteiger partial charge in [-0.25, -0.2) is 0 Å². The monoisotopic (exact) mass is 252 g/mol. The Morgan fingerprint density at radius 3 is 2.17 bits per heavy atom. The number of alkyl halides is 3. The molecule has 0 aromatic carbocycles. The quantitative estimate of drug-likeness (QED) is 0.649. The van der Waals surface area contributed by atoms with Crippen molar-refractivity contribution in [1.29, 1.82) is 0 Å². The van der Waals surface area contributed by atoms with E-state index in [9.17, 15) is 13.2 Å². The van der Waals surface area contributed by atoms with Crippen LogP contribution in [0.3, 0.4) is 0 Å². The largest absolute Gasteiger partial charge is 0.418 e. The maximum Gasteiger partial charge on any atom is 0.418 e. The van der Waals surface area contributed by atoms with Crippen LogP contribution in [0.1, 0.15) is 28.3 Å². The number of rotatable bonds is 1. The van der Waals surface area contributed by atoms with Gasteiger partial charge in [0.05, 0.1) is 22.6 Å². The molecular weight excluding hydrogens is 241 g/mol. The Kier molecular flexibility index (Phi) is 2.12. The van der Waals surface area contributed by atoms with E-state index in [1.54, 1.807) is 0 Å². The maximum absolute atomic E-state index is 12.9. The van der Waals surface area contributed by atoms with Gasteiger partial charge in [-0.15, -0.1) is 0 Å². The molecule has 2 aliphatic rings. The van der Waals surface area contributed by atoms with Crippen LogP contribution in [0.25, 0.3) is 5.69 Å². The second-order valence-corrected chi connectivity index (χ2v) is 4.57. The molecule has 94 valence electrons. The third-order valence-corrected chi connectivity index (χ3v) is 3.31. The second-order valence-electron chi connectivity index (χ2n) is 4.57. The molecule has 1 aliphatic heterocycles. The summed E-state index contributed by atoms with van der Waals surface area (Å²) in [5.41, 5.74) is 2.66. The topological polar surface area (TPSA) is 17.8 Å². The van der Waals surface area contributed by atoms with Gasteiger partial charge in [0.1, 0.15) is 0 Å². The minimum atomic E-state index is -4.33. The first-order chi connectivity index (χ1) is 8.38. The third-order valence-electron chi connectivity index (χ3n) is 3.31. The summed E-state index contributed by atoms with van der Waals surface area (Å²) in [7, 11) is 0. The molecule has 4 rings (SSSR count). The van der Waals surface area contributed by atoms with Crippen LogP contribution in [-0.2, 0) is 12.6 Å². The van der Waals surface area contributed by atoms with Gasteiger partial charge in [0.2, 0.25) is 0 Å². The van der Waals surface area contributed by atoms with Crippen molar-refractivity contribution in [2.75, 3.05) is 0 Å². The lowest BCUT2D eigenvalue weighted by molar-refractivity contribution is -0.138. The van der Waals surface area contributed by atoms with Crippen molar-refractivity contribution in [3.05, 3.63) is 46.5 Å². The van der Waals surface area contributed by atoms with Crippen molar-refractivity contribution < 1.29 is 13.2 Å². The van der Waals surface area contributed by atoms with Gasteiger partial charge in [-0.05, 0) is 32.0 Å². The predicted molar refractivity (Wildman–Crippen MR) is 60.8 cm³/mol. The summed E-state index contributed by atoms with van der Waals surface area (Å²) < 4.78 is 40.4. The molecule has 0 saturated heterocycles. The molecule has 0 unspecified atom stereocenters. The number of nitrogens with zero attached hydrogens (tertiary/aromatic N) is 2. The van der Waals surface area contributed by atoms with E-state index in [0.717, 1.165) is 17.1 Å². The van der Waals surface area contributed by atoms with Crippen molar-refractivity contribution in [2.45, 2.75) is 26.4 Å². The highest BCUT2D eigenvalue weighted by molar-refractivity contribution is 5.53. The number of aryl methyl sites for hydroxylation is 2. The first kappa shape index (κ1) is 11.3. The molecule has 2 aromatic heterocycles. The van der Waals surface area contributed by atoms with Crippen LogP contribution in [0.2, 0.25) is 0 Å². The van der Waals surface area contributed by atoms with Gasteiger partial charge in [-0.2, -0.15) is 13.2 Å². The van der Waals surface area contributed by atoms with Crippen molar-refractivity contribution in [1.82, 2.24) is 9.55 Å². The molecule has 18 heavy (non-hydrogen) atoms. The SMILES string of the molecule is Cc1ccc(C)n1-c1cc(C(F)(F)F)c2nc1C2. The van der Waals surface area contributed by atoms with Crippen molar-refractivity contribution in [3.63, 3.8) is 0 Å². The van der Waals surface area contributed by atoms with Crippen LogP contribution in [-0.4, -0.2) is 9.55 Å². The van der Waals surface area contributed by atoms with Crippen LogP contribution < -0.4 is 0 Å². The number of halogens is 3. The van der Waals surface area contributed by atoms with Crippen LogP contribution in [0.5, 0.6) is 0 Å². The van der Waals surface area contributed by atoms with E-state index in [1.807, 2.05) is 30.5 Å². The molecule has 0 fully saturated rings. The highest BCUT2D eigenvalue weighted by Crippen LogP contribution is 2.39. The highest BCUT2D eigenvalue weighted by Gasteiger charge is 2.38. The fourth-order valence-electron chi connectivity index (χ4n) is 2.40. The molecule has 2 nitrogen and oxygen atoms in total. The summed E-state index contributed by atoms with van der Waals surface area (Å²) in [4.78, 5) is 3.98. The highest BCUT2D eigenvalue weighted by atomic mass is 19.4. The molecule has 1 aliphatic carbocycles. The Balaban J connectivity index is 2.22. The average molecular weight is 252 g/mol. The molecule has 5 heteroatoms. The number of fused-ring (bicyclic) bond motifs is 2. The average Bonchev–Trinajstić information content (AvgIpc) is 2.55. The molecule has 0 N–H and O–H groups in total. The number of pyridine rings is 1.